The van der Waals surface area contributed by atoms with Crippen LogP contribution in [0.3, 0.4) is 0 Å². The molecule has 0 radical (unpaired) electrons. The van der Waals surface area contributed by atoms with Crippen LogP contribution in [0.5, 0.6) is 0 Å². The van der Waals surface area contributed by atoms with E-state index in [4.69, 9.17) is 34.8 Å². The van der Waals surface area contributed by atoms with Crippen molar-refractivity contribution in [2.75, 3.05) is 0 Å². The Morgan fingerprint density at radius 1 is 0.593 bits per heavy atom. The fourth-order valence-electron chi connectivity index (χ4n) is 3.15. The Balaban J connectivity index is 1.71. The predicted octanol–water partition coefficient (Wildman–Crippen LogP) is 8.58. The summed E-state index contributed by atoms with van der Waals surface area (Å²) in [5.74, 6) is 0. The molecule has 0 bridgehead atoms. The van der Waals surface area contributed by atoms with Gasteiger partial charge in [0.05, 0.1) is 0 Å². The molecule has 0 atom stereocenters. The molecule has 0 aliphatic heterocycles. The first kappa shape index (κ1) is 20.3. The van der Waals surface area contributed by atoms with Gasteiger partial charge in [-0.1, -0.05) is 127 Å². The van der Waals surface area contributed by atoms with Crippen molar-refractivity contribution in [2.45, 2.75) is 36.4 Å². The quantitative estimate of drug-likeness (QED) is 0.278. The Morgan fingerprint density at radius 3 is 1.41 bits per heavy atom. The lowest BCUT2D eigenvalue weighted by Gasteiger charge is -2.12. The molecule has 3 aromatic carbocycles. The number of alkyl halides is 3. The second-order valence-electron chi connectivity index (χ2n) is 6.81. The molecule has 0 aromatic heterocycles. The zero-order valence-corrected chi connectivity index (χ0v) is 17.7. The predicted molar refractivity (Wildman–Crippen MR) is 120 cm³/mol. The highest BCUT2D eigenvalue weighted by molar-refractivity contribution is 6.66. The van der Waals surface area contributed by atoms with Crippen LogP contribution in [0.1, 0.15) is 37.3 Å². The molecule has 0 aliphatic carbocycles. The molecule has 27 heavy (non-hydrogen) atoms. The fourth-order valence-corrected chi connectivity index (χ4v) is 3.53. The standard InChI is InChI=1S/C24H23Cl3/c1-2-3-4-5-18-6-8-19(9-7-18)20-10-12-21(13-11-20)22-14-16-23(17-15-22)24(25,26)27/h6-17H,2-5H2,1H3. The number of rotatable bonds is 6. The summed E-state index contributed by atoms with van der Waals surface area (Å²) < 4.78 is -1.38. The molecule has 0 aliphatic rings. The van der Waals surface area contributed by atoms with E-state index in [1.807, 2.05) is 24.3 Å². The number of halogens is 3. The van der Waals surface area contributed by atoms with Crippen LogP contribution < -0.4 is 0 Å². The van der Waals surface area contributed by atoms with Crippen LogP contribution in [-0.2, 0) is 10.2 Å². The van der Waals surface area contributed by atoms with Gasteiger partial charge in [-0.25, -0.2) is 0 Å². The van der Waals surface area contributed by atoms with Crippen LogP contribution in [-0.4, -0.2) is 0 Å². The highest BCUT2D eigenvalue weighted by atomic mass is 35.6. The van der Waals surface area contributed by atoms with Crippen molar-refractivity contribution in [3.05, 3.63) is 83.9 Å². The van der Waals surface area contributed by atoms with E-state index in [2.05, 4.69) is 55.5 Å². The molecule has 140 valence electrons. The molecule has 0 N–H and O–H groups in total. The average Bonchev–Trinajstić information content (AvgIpc) is 2.68. The SMILES string of the molecule is CCCCCc1ccc(-c2ccc(-c3ccc(C(Cl)(Cl)Cl)cc3)cc2)cc1. The summed E-state index contributed by atoms with van der Waals surface area (Å²) in [6.07, 6.45) is 4.99. The van der Waals surface area contributed by atoms with E-state index >= 15 is 0 Å². The van der Waals surface area contributed by atoms with Crippen molar-refractivity contribution in [1.29, 1.82) is 0 Å². The van der Waals surface area contributed by atoms with Crippen LogP contribution in [0.4, 0.5) is 0 Å². The molecule has 0 unspecified atom stereocenters. The van der Waals surface area contributed by atoms with Gasteiger partial charge in [0, 0.05) is 5.56 Å². The molecule has 3 aromatic rings. The molecule has 0 amide bonds. The topological polar surface area (TPSA) is 0 Å². The minimum Gasteiger partial charge on any atom is -0.0784 e. The molecule has 0 saturated carbocycles. The smallest absolute Gasteiger partial charge is 0.0784 e. The van der Waals surface area contributed by atoms with Gasteiger partial charge in [0.15, 0.2) is 0 Å². The van der Waals surface area contributed by atoms with Crippen molar-refractivity contribution < 1.29 is 0 Å². The lowest BCUT2D eigenvalue weighted by molar-refractivity contribution is 0.717. The highest BCUT2D eigenvalue weighted by Gasteiger charge is 2.22. The fraction of sp³-hybridized carbons (Fsp3) is 0.250. The number of benzene rings is 3. The third-order valence-electron chi connectivity index (χ3n) is 4.79. The molecule has 3 heteroatoms. The number of aryl methyl sites for hydroxylation is 1. The van der Waals surface area contributed by atoms with Gasteiger partial charge in [0.25, 0.3) is 0 Å². The molecule has 3 rings (SSSR count). The number of hydrogen-bond acceptors (Lipinski definition) is 0. The van der Waals surface area contributed by atoms with Gasteiger partial charge in [-0.2, -0.15) is 0 Å². The highest BCUT2D eigenvalue weighted by Crippen LogP contribution is 2.38. The maximum atomic E-state index is 5.92. The first-order valence-electron chi connectivity index (χ1n) is 9.34. The Hall–Kier alpha value is -1.47. The van der Waals surface area contributed by atoms with Crippen molar-refractivity contribution in [3.8, 4) is 22.3 Å². The number of unbranched alkanes of at least 4 members (excludes halogenated alkanes) is 2. The second-order valence-corrected chi connectivity index (χ2v) is 9.09. The van der Waals surface area contributed by atoms with Gasteiger partial charge in [-0.05, 0) is 40.7 Å². The number of hydrogen-bond donors (Lipinski definition) is 0. The van der Waals surface area contributed by atoms with E-state index in [9.17, 15) is 0 Å². The van der Waals surface area contributed by atoms with Crippen LogP contribution in [0.15, 0.2) is 72.8 Å². The minimum absolute atomic E-state index is 0.673. The molecule has 0 heterocycles. The van der Waals surface area contributed by atoms with Gasteiger partial charge in [0.2, 0.25) is 3.79 Å². The zero-order valence-electron chi connectivity index (χ0n) is 15.4. The molecule has 0 saturated heterocycles. The summed E-state index contributed by atoms with van der Waals surface area (Å²) in [5, 5.41) is 0. The van der Waals surface area contributed by atoms with Crippen LogP contribution in [0.25, 0.3) is 22.3 Å². The minimum atomic E-state index is -1.38. The van der Waals surface area contributed by atoms with E-state index in [0.29, 0.717) is 5.56 Å². The second kappa shape index (κ2) is 9.15. The maximum absolute atomic E-state index is 5.92. The van der Waals surface area contributed by atoms with Crippen molar-refractivity contribution >= 4 is 34.8 Å². The van der Waals surface area contributed by atoms with E-state index in [0.717, 1.165) is 17.5 Å². The van der Waals surface area contributed by atoms with Crippen LogP contribution in [0.2, 0.25) is 0 Å². The van der Waals surface area contributed by atoms with Gasteiger partial charge >= 0.3 is 0 Å². The third-order valence-corrected chi connectivity index (χ3v) is 5.44. The molecular formula is C24H23Cl3. The van der Waals surface area contributed by atoms with Gasteiger partial charge in [0.1, 0.15) is 0 Å². The molecule has 0 spiro atoms. The van der Waals surface area contributed by atoms with E-state index in [-0.39, 0.29) is 0 Å². The summed E-state index contributed by atoms with van der Waals surface area (Å²) in [4.78, 5) is 0. The lowest BCUT2D eigenvalue weighted by Crippen LogP contribution is -1.98. The van der Waals surface area contributed by atoms with Crippen molar-refractivity contribution in [1.82, 2.24) is 0 Å². The average molecular weight is 418 g/mol. The molecular weight excluding hydrogens is 395 g/mol. The Bertz CT molecular complexity index is 842. The maximum Gasteiger partial charge on any atom is 0.216 e. The van der Waals surface area contributed by atoms with Crippen LogP contribution in [0, 0.1) is 0 Å². The van der Waals surface area contributed by atoms with Gasteiger partial charge < -0.3 is 0 Å². The summed E-state index contributed by atoms with van der Waals surface area (Å²) in [7, 11) is 0. The molecule has 0 fully saturated rings. The molecule has 0 nitrogen and oxygen atoms in total. The first-order chi connectivity index (χ1) is 13.0. The van der Waals surface area contributed by atoms with Crippen LogP contribution >= 0.6 is 34.8 Å². The van der Waals surface area contributed by atoms with Crippen molar-refractivity contribution in [2.24, 2.45) is 0 Å². The Morgan fingerprint density at radius 2 is 1.00 bits per heavy atom. The first-order valence-corrected chi connectivity index (χ1v) is 10.5. The van der Waals surface area contributed by atoms with E-state index in [1.54, 1.807) is 0 Å². The van der Waals surface area contributed by atoms with Gasteiger partial charge in [-0.15, -0.1) is 0 Å². The van der Waals surface area contributed by atoms with Crippen molar-refractivity contribution in [3.63, 3.8) is 0 Å². The zero-order chi connectivity index (χ0) is 19.3. The third kappa shape index (κ3) is 5.51. The van der Waals surface area contributed by atoms with E-state index < -0.39 is 3.79 Å². The van der Waals surface area contributed by atoms with E-state index in [1.165, 1.54) is 36.0 Å². The van der Waals surface area contributed by atoms with Gasteiger partial charge in [-0.3, -0.25) is 0 Å². The summed E-state index contributed by atoms with van der Waals surface area (Å²) in [5.41, 5.74) is 6.80. The summed E-state index contributed by atoms with van der Waals surface area (Å²) >= 11 is 17.8. The summed E-state index contributed by atoms with van der Waals surface area (Å²) in [6, 6.07) is 25.2. The summed E-state index contributed by atoms with van der Waals surface area (Å²) in [6.45, 7) is 2.24. The monoisotopic (exact) mass is 416 g/mol. The normalized spacial score (nSPS) is 11.6. The Labute approximate surface area is 177 Å². The largest absolute Gasteiger partial charge is 0.216 e. The Kier molecular flexibility index (Phi) is 6.87. The lowest BCUT2D eigenvalue weighted by atomic mass is 9.98.